The highest BCUT2D eigenvalue weighted by Crippen LogP contribution is 2.31. The SMILES string of the molecule is Nc1cncc(-c2ccc3[nH]nc(-c4cc5ccncc5[nH]4)c3c2)c1. The first-order chi connectivity index (χ1) is 12.3. The molecule has 1 aromatic carbocycles. The zero-order valence-corrected chi connectivity index (χ0v) is 13.2. The van der Waals surface area contributed by atoms with Gasteiger partial charge in [0.05, 0.1) is 28.6 Å². The van der Waals surface area contributed by atoms with Gasteiger partial charge in [-0.15, -0.1) is 0 Å². The largest absolute Gasteiger partial charge is 0.397 e. The van der Waals surface area contributed by atoms with Gasteiger partial charge >= 0.3 is 0 Å². The Labute approximate surface area is 142 Å². The molecule has 0 radical (unpaired) electrons. The van der Waals surface area contributed by atoms with E-state index in [1.165, 1.54) is 0 Å². The molecular formula is C19H14N6. The average Bonchev–Trinajstić information content (AvgIpc) is 3.24. The smallest absolute Gasteiger partial charge is 0.116 e. The first kappa shape index (κ1) is 13.7. The number of aromatic amines is 2. The molecule has 0 bridgehead atoms. The molecular weight excluding hydrogens is 312 g/mol. The number of nitrogens with one attached hydrogen (secondary N) is 2. The summed E-state index contributed by atoms with van der Waals surface area (Å²) < 4.78 is 0. The molecule has 0 aliphatic carbocycles. The topological polar surface area (TPSA) is 96.3 Å². The Morgan fingerprint density at radius 3 is 2.68 bits per heavy atom. The Kier molecular flexibility index (Phi) is 2.84. The van der Waals surface area contributed by atoms with Gasteiger partial charge in [-0.3, -0.25) is 15.1 Å². The minimum atomic E-state index is 0.646. The lowest BCUT2D eigenvalue weighted by Gasteiger charge is -2.03. The van der Waals surface area contributed by atoms with Crippen molar-refractivity contribution in [1.29, 1.82) is 0 Å². The number of H-pyrrole nitrogens is 2. The predicted octanol–water partition coefficient (Wildman–Crippen LogP) is 3.75. The van der Waals surface area contributed by atoms with Crippen LogP contribution < -0.4 is 5.73 Å². The maximum absolute atomic E-state index is 5.86. The molecule has 0 saturated carbocycles. The Hall–Kier alpha value is -3.67. The number of anilines is 1. The third-order valence-electron chi connectivity index (χ3n) is 4.33. The fourth-order valence-electron chi connectivity index (χ4n) is 3.11. The van der Waals surface area contributed by atoms with E-state index in [9.17, 15) is 0 Å². The van der Waals surface area contributed by atoms with E-state index < -0.39 is 0 Å². The van der Waals surface area contributed by atoms with Crippen LogP contribution in [0.1, 0.15) is 0 Å². The van der Waals surface area contributed by atoms with Gasteiger partial charge in [0.2, 0.25) is 0 Å². The van der Waals surface area contributed by atoms with E-state index in [0.29, 0.717) is 5.69 Å². The van der Waals surface area contributed by atoms with Crippen molar-refractivity contribution in [3.63, 3.8) is 0 Å². The number of nitrogen functional groups attached to an aromatic ring is 1. The quantitative estimate of drug-likeness (QED) is 0.460. The Balaban J connectivity index is 1.70. The van der Waals surface area contributed by atoms with Crippen LogP contribution in [0.2, 0.25) is 0 Å². The van der Waals surface area contributed by atoms with Gasteiger partial charge < -0.3 is 10.7 Å². The minimum Gasteiger partial charge on any atom is -0.397 e. The van der Waals surface area contributed by atoms with E-state index in [1.807, 2.05) is 36.7 Å². The van der Waals surface area contributed by atoms with Gasteiger partial charge in [0.15, 0.2) is 0 Å². The molecule has 4 aromatic heterocycles. The van der Waals surface area contributed by atoms with Crippen molar-refractivity contribution in [2.45, 2.75) is 0 Å². The molecule has 0 aliphatic heterocycles. The summed E-state index contributed by atoms with van der Waals surface area (Å²) in [6, 6.07) is 12.1. The van der Waals surface area contributed by atoms with E-state index >= 15 is 0 Å². The van der Waals surface area contributed by atoms with Crippen molar-refractivity contribution < 1.29 is 0 Å². The highest BCUT2D eigenvalue weighted by Gasteiger charge is 2.12. The molecule has 6 heteroatoms. The lowest BCUT2D eigenvalue weighted by atomic mass is 10.0. The number of nitrogens with two attached hydrogens (primary N) is 1. The van der Waals surface area contributed by atoms with E-state index in [0.717, 1.165) is 44.3 Å². The van der Waals surface area contributed by atoms with Gasteiger partial charge in [0.25, 0.3) is 0 Å². The van der Waals surface area contributed by atoms with Crippen LogP contribution in [0.25, 0.3) is 44.3 Å². The molecule has 25 heavy (non-hydrogen) atoms. The van der Waals surface area contributed by atoms with Gasteiger partial charge in [-0.1, -0.05) is 6.07 Å². The molecule has 5 aromatic rings. The number of fused-ring (bicyclic) bond motifs is 2. The molecule has 0 aliphatic rings. The van der Waals surface area contributed by atoms with Gasteiger partial charge in [-0.25, -0.2) is 0 Å². The van der Waals surface area contributed by atoms with Crippen LogP contribution in [0, 0.1) is 0 Å². The van der Waals surface area contributed by atoms with Crippen molar-refractivity contribution >= 4 is 27.5 Å². The highest BCUT2D eigenvalue weighted by molar-refractivity contribution is 5.97. The molecule has 5 rings (SSSR count). The summed E-state index contributed by atoms with van der Waals surface area (Å²) in [4.78, 5) is 11.7. The van der Waals surface area contributed by atoms with E-state index in [2.05, 4.69) is 37.3 Å². The minimum absolute atomic E-state index is 0.646. The summed E-state index contributed by atoms with van der Waals surface area (Å²) in [6.07, 6.45) is 7.06. The molecule has 4 N–H and O–H groups in total. The number of nitrogens with zero attached hydrogens (tertiary/aromatic N) is 3. The van der Waals surface area contributed by atoms with Crippen molar-refractivity contribution in [2.75, 3.05) is 5.73 Å². The molecule has 0 unspecified atom stereocenters. The zero-order valence-electron chi connectivity index (χ0n) is 13.2. The third-order valence-corrected chi connectivity index (χ3v) is 4.33. The number of rotatable bonds is 2. The molecule has 0 fully saturated rings. The first-order valence-corrected chi connectivity index (χ1v) is 7.90. The number of pyridine rings is 2. The van der Waals surface area contributed by atoms with Crippen molar-refractivity contribution in [3.8, 4) is 22.5 Å². The number of hydrogen-bond donors (Lipinski definition) is 3. The summed E-state index contributed by atoms with van der Waals surface area (Å²) in [5, 5.41) is 9.74. The Morgan fingerprint density at radius 1 is 0.840 bits per heavy atom. The van der Waals surface area contributed by atoms with E-state index in [-0.39, 0.29) is 0 Å². The molecule has 0 saturated heterocycles. The maximum Gasteiger partial charge on any atom is 0.116 e. The van der Waals surface area contributed by atoms with Crippen LogP contribution in [-0.4, -0.2) is 25.1 Å². The predicted molar refractivity (Wildman–Crippen MR) is 98.8 cm³/mol. The van der Waals surface area contributed by atoms with Crippen LogP contribution in [0.3, 0.4) is 0 Å². The third kappa shape index (κ3) is 2.23. The molecule has 6 nitrogen and oxygen atoms in total. The van der Waals surface area contributed by atoms with E-state index in [4.69, 9.17) is 5.73 Å². The lowest BCUT2D eigenvalue weighted by molar-refractivity contribution is 1.12. The molecule has 120 valence electrons. The summed E-state index contributed by atoms with van der Waals surface area (Å²) in [5.41, 5.74) is 12.3. The Bertz CT molecular complexity index is 1180. The van der Waals surface area contributed by atoms with Crippen LogP contribution in [0.15, 0.2) is 61.2 Å². The molecule has 4 heterocycles. The summed E-state index contributed by atoms with van der Waals surface area (Å²) >= 11 is 0. The normalized spacial score (nSPS) is 11.4. The second-order valence-electron chi connectivity index (χ2n) is 5.99. The fraction of sp³-hybridized carbons (Fsp3) is 0. The van der Waals surface area contributed by atoms with Crippen molar-refractivity contribution in [3.05, 3.63) is 61.2 Å². The summed E-state index contributed by atoms with van der Waals surface area (Å²) in [7, 11) is 0. The lowest BCUT2D eigenvalue weighted by Crippen LogP contribution is -1.87. The fourth-order valence-corrected chi connectivity index (χ4v) is 3.11. The molecule has 0 atom stereocenters. The van der Waals surface area contributed by atoms with Crippen molar-refractivity contribution in [2.24, 2.45) is 0 Å². The second kappa shape index (κ2) is 5.17. The average molecular weight is 326 g/mol. The van der Waals surface area contributed by atoms with Gasteiger partial charge in [-0.2, -0.15) is 5.10 Å². The van der Waals surface area contributed by atoms with Crippen LogP contribution >= 0.6 is 0 Å². The van der Waals surface area contributed by atoms with E-state index in [1.54, 1.807) is 12.4 Å². The van der Waals surface area contributed by atoms with Gasteiger partial charge in [-0.05, 0) is 35.9 Å². The molecule has 0 amide bonds. The van der Waals surface area contributed by atoms with Crippen LogP contribution in [-0.2, 0) is 0 Å². The first-order valence-electron chi connectivity index (χ1n) is 7.90. The highest BCUT2D eigenvalue weighted by atomic mass is 15.1. The standard InChI is InChI=1S/C19H14N6/c20-14-5-13(8-22-9-14)11-1-2-16-15(6-11)19(25-24-16)17-7-12-3-4-21-10-18(12)23-17/h1-10,23H,20H2,(H,24,25). The number of aromatic nitrogens is 5. The monoisotopic (exact) mass is 326 g/mol. The number of hydrogen-bond acceptors (Lipinski definition) is 4. The molecule has 0 spiro atoms. The van der Waals surface area contributed by atoms with Crippen LogP contribution in [0.4, 0.5) is 5.69 Å². The van der Waals surface area contributed by atoms with Gasteiger partial charge in [0, 0.05) is 34.9 Å². The maximum atomic E-state index is 5.86. The zero-order chi connectivity index (χ0) is 16.8. The second-order valence-corrected chi connectivity index (χ2v) is 5.99. The van der Waals surface area contributed by atoms with Gasteiger partial charge in [0.1, 0.15) is 5.69 Å². The number of benzene rings is 1. The van der Waals surface area contributed by atoms with Crippen molar-refractivity contribution in [1.82, 2.24) is 25.1 Å². The summed E-state index contributed by atoms with van der Waals surface area (Å²) in [6.45, 7) is 0. The van der Waals surface area contributed by atoms with Crippen LogP contribution in [0.5, 0.6) is 0 Å². The summed E-state index contributed by atoms with van der Waals surface area (Å²) in [5.74, 6) is 0. The Morgan fingerprint density at radius 2 is 1.80 bits per heavy atom.